The lowest BCUT2D eigenvalue weighted by Gasteiger charge is -2.26. The molecule has 0 saturated carbocycles. The molecule has 1 unspecified atom stereocenters. The van der Waals surface area contributed by atoms with Crippen LogP contribution in [0, 0.1) is 5.92 Å². The van der Waals surface area contributed by atoms with Gasteiger partial charge in [0.1, 0.15) is 8.24 Å². The van der Waals surface area contributed by atoms with E-state index in [0.717, 1.165) is 5.92 Å². The van der Waals surface area contributed by atoms with E-state index in [1.807, 2.05) is 0 Å². The molecule has 0 bridgehead atoms. The van der Waals surface area contributed by atoms with Gasteiger partial charge in [-0.2, -0.15) is 0 Å². The minimum atomic E-state index is -1.03. The van der Waals surface area contributed by atoms with Gasteiger partial charge < -0.3 is 4.98 Å². The summed E-state index contributed by atoms with van der Waals surface area (Å²) in [7, 11) is -1.03. The first-order chi connectivity index (χ1) is 4.33. The molecule has 0 radical (unpaired) electrons. The molecule has 0 aliphatic rings. The second-order valence-corrected chi connectivity index (χ2v) is 9.22. The molecule has 0 aliphatic carbocycles. The molecule has 1 atom stereocenters. The summed E-state index contributed by atoms with van der Waals surface area (Å²) in [6.07, 6.45) is 0. The molecule has 0 amide bonds. The van der Waals surface area contributed by atoms with Crippen LogP contribution in [-0.4, -0.2) is 14.3 Å². The second kappa shape index (κ2) is 3.53. The van der Waals surface area contributed by atoms with Crippen LogP contribution in [-0.2, 0) is 0 Å². The lowest BCUT2D eigenvalue weighted by Crippen LogP contribution is -2.48. The second-order valence-electron chi connectivity index (χ2n) is 4.43. The molecule has 62 valence electrons. The molecule has 0 aromatic rings. The fourth-order valence-electron chi connectivity index (χ4n) is 0.850. The summed E-state index contributed by atoms with van der Waals surface area (Å²) in [5, 5.41) is 0. The zero-order valence-corrected chi connectivity index (χ0v) is 9.15. The summed E-state index contributed by atoms with van der Waals surface area (Å²) in [6, 6.07) is 0.673. The Bertz CT molecular complexity index is 93.9. The Morgan fingerprint density at radius 1 is 1.00 bits per heavy atom. The van der Waals surface area contributed by atoms with Crippen molar-refractivity contribution in [3.8, 4) is 0 Å². The van der Waals surface area contributed by atoms with E-state index in [-0.39, 0.29) is 0 Å². The standard InChI is InChI=1S/C8H21NSi/c1-7(2)8(3)9-10(4,5)6/h7-9H,1-6H3. The summed E-state index contributed by atoms with van der Waals surface area (Å²) in [4.78, 5) is 3.66. The van der Waals surface area contributed by atoms with Crippen molar-refractivity contribution in [3.63, 3.8) is 0 Å². The highest BCUT2D eigenvalue weighted by molar-refractivity contribution is 6.73. The minimum absolute atomic E-state index is 0.673. The number of nitrogens with one attached hydrogen (secondary N) is 1. The van der Waals surface area contributed by atoms with Gasteiger partial charge in [-0.25, -0.2) is 0 Å². The Morgan fingerprint density at radius 2 is 1.40 bits per heavy atom. The van der Waals surface area contributed by atoms with Crippen LogP contribution in [0.4, 0.5) is 0 Å². The van der Waals surface area contributed by atoms with Gasteiger partial charge in [0.25, 0.3) is 0 Å². The highest BCUT2D eigenvalue weighted by Crippen LogP contribution is 2.04. The van der Waals surface area contributed by atoms with Crippen molar-refractivity contribution in [2.45, 2.75) is 46.5 Å². The van der Waals surface area contributed by atoms with Gasteiger partial charge in [-0.15, -0.1) is 0 Å². The molecular formula is C8H21NSi. The highest BCUT2D eigenvalue weighted by Gasteiger charge is 2.17. The molecule has 2 heteroatoms. The van der Waals surface area contributed by atoms with E-state index in [1.165, 1.54) is 0 Å². The largest absolute Gasteiger partial charge is 0.335 e. The van der Waals surface area contributed by atoms with Crippen molar-refractivity contribution in [1.29, 1.82) is 0 Å². The fourth-order valence-corrected chi connectivity index (χ4v) is 2.55. The monoisotopic (exact) mass is 159 g/mol. The zero-order valence-electron chi connectivity index (χ0n) is 8.15. The number of hydrogen-bond donors (Lipinski definition) is 1. The molecule has 0 aromatic carbocycles. The predicted molar refractivity (Wildman–Crippen MR) is 50.8 cm³/mol. The van der Waals surface area contributed by atoms with E-state index in [2.05, 4.69) is 45.4 Å². The molecule has 0 aromatic heterocycles. The van der Waals surface area contributed by atoms with Crippen LogP contribution >= 0.6 is 0 Å². The summed E-state index contributed by atoms with van der Waals surface area (Å²) in [6.45, 7) is 13.8. The first kappa shape index (κ1) is 10.2. The van der Waals surface area contributed by atoms with Gasteiger partial charge in [0.15, 0.2) is 0 Å². The summed E-state index contributed by atoms with van der Waals surface area (Å²) in [5.41, 5.74) is 0. The van der Waals surface area contributed by atoms with Crippen molar-refractivity contribution >= 4 is 8.24 Å². The third-order valence-electron chi connectivity index (χ3n) is 1.66. The Balaban J connectivity index is 3.68. The summed E-state index contributed by atoms with van der Waals surface area (Å²) >= 11 is 0. The first-order valence-electron chi connectivity index (χ1n) is 4.10. The third-order valence-corrected chi connectivity index (χ3v) is 2.98. The quantitative estimate of drug-likeness (QED) is 0.624. The van der Waals surface area contributed by atoms with Gasteiger partial charge in [-0.3, -0.25) is 0 Å². The molecule has 0 aliphatic heterocycles. The molecule has 0 heterocycles. The van der Waals surface area contributed by atoms with Crippen molar-refractivity contribution in [1.82, 2.24) is 4.98 Å². The van der Waals surface area contributed by atoms with Crippen LogP contribution in [0.1, 0.15) is 20.8 Å². The van der Waals surface area contributed by atoms with E-state index in [0.29, 0.717) is 6.04 Å². The maximum atomic E-state index is 3.66. The smallest absolute Gasteiger partial charge is 0.116 e. The van der Waals surface area contributed by atoms with Gasteiger partial charge in [0.05, 0.1) is 0 Å². The highest BCUT2D eigenvalue weighted by atomic mass is 28.3. The van der Waals surface area contributed by atoms with Crippen molar-refractivity contribution in [2.24, 2.45) is 5.92 Å². The van der Waals surface area contributed by atoms with Gasteiger partial charge >= 0.3 is 0 Å². The van der Waals surface area contributed by atoms with E-state index in [4.69, 9.17) is 0 Å². The maximum Gasteiger partial charge on any atom is 0.116 e. The Labute approximate surface area is 66.3 Å². The van der Waals surface area contributed by atoms with Crippen LogP contribution in [0.2, 0.25) is 19.6 Å². The summed E-state index contributed by atoms with van der Waals surface area (Å²) < 4.78 is 0. The zero-order chi connectivity index (χ0) is 8.36. The molecule has 0 rings (SSSR count). The van der Waals surface area contributed by atoms with Gasteiger partial charge in [0.2, 0.25) is 0 Å². The molecule has 0 fully saturated rings. The average Bonchev–Trinajstić information content (AvgIpc) is 1.60. The van der Waals surface area contributed by atoms with Crippen molar-refractivity contribution < 1.29 is 0 Å². The predicted octanol–water partition coefficient (Wildman–Crippen LogP) is 2.46. The van der Waals surface area contributed by atoms with Crippen LogP contribution in [0.25, 0.3) is 0 Å². The van der Waals surface area contributed by atoms with Gasteiger partial charge in [-0.1, -0.05) is 40.4 Å². The van der Waals surface area contributed by atoms with Gasteiger partial charge in [0, 0.05) is 0 Å². The Hall–Kier alpha value is 0.177. The maximum absolute atomic E-state index is 3.66. The molecule has 0 spiro atoms. The normalized spacial score (nSPS) is 15.9. The molecule has 0 saturated heterocycles. The molecule has 10 heavy (non-hydrogen) atoms. The van der Waals surface area contributed by atoms with Crippen LogP contribution < -0.4 is 4.98 Å². The topological polar surface area (TPSA) is 12.0 Å². The van der Waals surface area contributed by atoms with Crippen molar-refractivity contribution in [3.05, 3.63) is 0 Å². The molecule has 1 nitrogen and oxygen atoms in total. The van der Waals surface area contributed by atoms with E-state index in [9.17, 15) is 0 Å². The SMILES string of the molecule is CC(C)C(C)N[Si](C)(C)C. The Kier molecular flexibility index (Phi) is 3.60. The minimum Gasteiger partial charge on any atom is -0.335 e. The number of hydrogen-bond acceptors (Lipinski definition) is 1. The van der Waals surface area contributed by atoms with Gasteiger partial charge in [-0.05, 0) is 12.0 Å². The van der Waals surface area contributed by atoms with E-state index in [1.54, 1.807) is 0 Å². The lowest BCUT2D eigenvalue weighted by atomic mass is 10.1. The van der Waals surface area contributed by atoms with E-state index >= 15 is 0 Å². The van der Waals surface area contributed by atoms with Crippen LogP contribution in [0.3, 0.4) is 0 Å². The van der Waals surface area contributed by atoms with Crippen LogP contribution in [0.5, 0.6) is 0 Å². The molecular weight excluding hydrogens is 138 g/mol. The molecule has 1 N–H and O–H groups in total. The van der Waals surface area contributed by atoms with E-state index < -0.39 is 8.24 Å². The lowest BCUT2D eigenvalue weighted by molar-refractivity contribution is 0.488. The summed E-state index contributed by atoms with van der Waals surface area (Å²) in [5.74, 6) is 0.756. The fraction of sp³-hybridized carbons (Fsp3) is 1.00. The first-order valence-corrected chi connectivity index (χ1v) is 7.60. The van der Waals surface area contributed by atoms with Crippen molar-refractivity contribution in [2.75, 3.05) is 0 Å². The number of rotatable bonds is 3. The van der Waals surface area contributed by atoms with Crippen LogP contribution in [0.15, 0.2) is 0 Å². The average molecular weight is 159 g/mol. The third kappa shape index (κ3) is 5.00. The Morgan fingerprint density at radius 3 is 1.50 bits per heavy atom.